The number of rotatable bonds is 5. The molecule has 28 heavy (non-hydrogen) atoms. The van der Waals surface area contributed by atoms with Crippen LogP contribution in [0, 0.1) is 12.7 Å². The van der Waals surface area contributed by atoms with Gasteiger partial charge in [0.05, 0.1) is 24.6 Å². The number of benzene rings is 2. The maximum atomic E-state index is 14.4. The molecule has 0 N–H and O–H groups in total. The maximum Gasteiger partial charge on any atom is 0.206 e. The third-order valence-electron chi connectivity index (χ3n) is 4.79. The lowest BCUT2D eigenvalue weighted by Crippen LogP contribution is -2.17. The SMILES string of the molecule is Cc1ccccc1/C=N\n1c(-c2ccccc2F)csc1=NC[C@H]1CCCO1. The summed E-state index contributed by atoms with van der Waals surface area (Å²) in [5, 5.41) is 6.57. The van der Waals surface area contributed by atoms with Crippen molar-refractivity contribution in [3.8, 4) is 11.3 Å². The first-order chi connectivity index (χ1) is 13.7. The van der Waals surface area contributed by atoms with Crippen LogP contribution in [-0.4, -0.2) is 30.1 Å². The summed E-state index contributed by atoms with van der Waals surface area (Å²) in [6.07, 6.45) is 4.07. The molecule has 0 amide bonds. The van der Waals surface area contributed by atoms with E-state index in [-0.39, 0.29) is 11.9 Å². The molecule has 1 aliphatic rings. The molecular weight excluding hydrogens is 373 g/mol. The van der Waals surface area contributed by atoms with Crippen molar-refractivity contribution in [1.29, 1.82) is 0 Å². The average Bonchev–Trinajstić information content (AvgIpc) is 3.36. The number of hydrogen-bond donors (Lipinski definition) is 0. The molecule has 144 valence electrons. The van der Waals surface area contributed by atoms with Crippen molar-refractivity contribution in [2.75, 3.05) is 13.2 Å². The molecule has 1 atom stereocenters. The Kier molecular flexibility index (Phi) is 5.78. The molecule has 4 rings (SSSR count). The highest BCUT2D eigenvalue weighted by Gasteiger charge is 2.16. The van der Waals surface area contributed by atoms with Gasteiger partial charge in [0, 0.05) is 17.6 Å². The molecule has 0 aliphatic carbocycles. The van der Waals surface area contributed by atoms with Crippen molar-refractivity contribution in [3.05, 3.63) is 75.7 Å². The summed E-state index contributed by atoms with van der Waals surface area (Å²) in [4.78, 5) is 5.45. The number of hydrogen-bond acceptors (Lipinski definition) is 4. The Bertz CT molecular complexity index is 1050. The first kappa shape index (κ1) is 18.8. The zero-order valence-electron chi connectivity index (χ0n) is 15.7. The van der Waals surface area contributed by atoms with Gasteiger partial charge in [-0.3, -0.25) is 4.99 Å². The molecule has 3 aromatic rings. The Balaban J connectivity index is 1.76. The van der Waals surface area contributed by atoms with Crippen LogP contribution in [0.4, 0.5) is 4.39 Å². The monoisotopic (exact) mass is 395 g/mol. The number of aromatic nitrogens is 1. The van der Waals surface area contributed by atoms with E-state index in [0.29, 0.717) is 17.8 Å². The number of thiazole rings is 1. The number of halogens is 1. The number of aryl methyl sites for hydroxylation is 1. The predicted molar refractivity (Wildman–Crippen MR) is 111 cm³/mol. The summed E-state index contributed by atoms with van der Waals surface area (Å²) in [6, 6.07) is 14.8. The van der Waals surface area contributed by atoms with Crippen LogP contribution in [0.1, 0.15) is 24.0 Å². The topological polar surface area (TPSA) is 38.9 Å². The molecule has 4 nitrogen and oxygen atoms in total. The summed E-state index contributed by atoms with van der Waals surface area (Å²) in [5.41, 5.74) is 3.36. The van der Waals surface area contributed by atoms with E-state index in [4.69, 9.17) is 9.73 Å². The minimum Gasteiger partial charge on any atom is -0.376 e. The van der Waals surface area contributed by atoms with Gasteiger partial charge in [-0.2, -0.15) is 5.10 Å². The number of ether oxygens (including phenoxy) is 1. The van der Waals surface area contributed by atoms with Crippen LogP contribution < -0.4 is 4.80 Å². The summed E-state index contributed by atoms with van der Waals surface area (Å²) in [7, 11) is 0. The minimum absolute atomic E-state index is 0.160. The van der Waals surface area contributed by atoms with Crippen LogP contribution >= 0.6 is 11.3 Å². The van der Waals surface area contributed by atoms with Crippen molar-refractivity contribution in [3.63, 3.8) is 0 Å². The van der Waals surface area contributed by atoms with Crippen molar-refractivity contribution in [2.45, 2.75) is 25.9 Å². The highest BCUT2D eigenvalue weighted by molar-refractivity contribution is 7.07. The van der Waals surface area contributed by atoms with Gasteiger partial charge in [-0.25, -0.2) is 9.07 Å². The van der Waals surface area contributed by atoms with E-state index in [1.807, 2.05) is 42.6 Å². The van der Waals surface area contributed by atoms with Gasteiger partial charge in [0.15, 0.2) is 0 Å². The third-order valence-corrected chi connectivity index (χ3v) is 5.64. The van der Waals surface area contributed by atoms with E-state index >= 15 is 0 Å². The van der Waals surface area contributed by atoms with Crippen molar-refractivity contribution >= 4 is 17.6 Å². The zero-order chi connectivity index (χ0) is 19.3. The molecule has 1 aromatic heterocycles. The molecule has 2 heterocycles. The van der Waals surface area contributed by atoms with Crippen LogP contribution in [0.3, 0.4) is 0 Å². The van der Waals surface area contributed by atoms with E-state index in [0.717, 1.165) is 35.4 Å². The van der Waals surface area contributed by atoms with E-state index in [1.165, 1.54) is 17.4 Å². The summed E-state index contributed by atoms with van der Waals surface area (Å²) in [5.74, 6) is -0.272. The summed E-state index contributed by atoms with van der Waals surface area (Å²) in [6.45, 7) is 3.44. The smallest absolute Gasteiger partial charge is 0.206 e. The minimum atomic E-state index is -0.272. The molecule has 2 aromatic carbocycles. The lowest BCUT2D eigenvalue weighted by molar-refractivity contribution is 0.117. The molecule has 0 spiro atoms. The van der Waals surface area contributed by atoms with Crippen molar-refractivity contribution in [1.82, 2.24) is 4.68 Å². The zero-order valence-corrected chi connectivity index (χ0v) is 16.5. The molecule has 0 unspecified atom stereocenters. The van der Waals surface area contributed by atoms with Gasteiger partial charge >= 0.3 is 0 Å². The highest BCUT2D eigenvalue weighted by atomic mass is 32.1. The maximum absolute atomic E-state index is 14.4. The molecule has 0 bridgehead atoms. The molecule has 1 aliphatic heterocycles. The van der Waals surface area contributed by atoms with Gasteiger partial charge in [0.2, 0.25) is 4.80 Å². The van der Waals surface area contributed by atoms with Gasteiger partial charge in [0.25, 0.3) is 0 Å². The van der Waals surface area contributed by atoms with Crippen LogP contribution in [0.5, 0.6) is 0 Å². The highest BCUT2D eigenvalue weighted by Crippen LogP contribution is 2.23. The average molecular weight is 396 g/mol. The van der Waals surface area contributed by atoms with E-state index in [9.17, 15) is 4.39 Å². The van der Waals surface area contributed by atoms with Crippen LogP contribution in [0.15, 0.2) is 64.0 Å². The summed E-state index contributed by atoms with van der Waals surface area (Å²) < 4.78 is 21.8. The Hall–Kier alpha value is -2.57. The van der Waals surface area contributed by atoms with Gasteiger partial charge in [-0.05, 0) is 43.0 Å². The van der Waals surface area contributed by atoms with E-state index in [2.05, 4.69) is 5.10 Å². The first-order valence-corrected chi connectivity index (χ1v) is 10.3. The fraction of sp³-hybridized carbons (Fsp3) is 0.273. The fourth-order valence-corrected chi connectivity index (χ4v) is 4.03. The van der Waals surface area contributed by atoms with Gasteiger partial charge in [-0.1, -0.05) is 36.4 Å². The second-order valence-electron chi connectivity index (χ2n) is 6.77. The Morgan fingerprint density at radius 1 is 1.21 bits per heavy atom. The normalized spacial score (nSPS) is 17.6. The molecule has 0 radical (unpaired) electrons. The standard InChI is InChI=1S/C22H22FN3OS/c1-16-7-2-3-8-17(16)13-25-26-21(19-10-4-5-11-20(19)23)15-28-22(26)24-14-18-9-6-12-27-18/h2-5,7-8,10-11,13,15,18H,6,9,12,14H2,1H3/b24-22?,25-13-/t18-/m1/s1. The second kappa shape index (κ2) is 8.63. The van der Waals surface area contributed by atoms with E-state index < -0.39 is 0 Å². The van der Waals surface area contributed by atoms with E-state index in [1.54, 1.807) is 23.0 Å². The lowest BCUT2D eigenvalue weighted by Gasteiger charge is -2.06. The third kappa shape index (κ3) is 4.13. The lowest BCUT2D eigenvalue weighted by atomic mass is 10.1. The first-order valence-electron chi connectivity index (χ1n) is 9.40. The Morgan fingerprint density at radius 2 is 2.04 bits per heavy atom. The summed E-state index contributed by atoms with van der Waals surface area (Å²) >= 11 is 1.46. The second-order valence-corrected chi connectivity index (χ2v) is 7.61. The van der Waals surface area contributed by atoms with Gasteiger partial charge in [0.1, 0.15) is 5.82 Å². The molecular formula is C22H22FN3OS. The van der Waals surface area contributed by atoms with Crippen LogP contribution in [-0.2, 0) is 4.74 Å². The van der Waals surface area contributed by atoms with Crippen LogP contribution in [0.25, 0.3) is 11.3 Å². The molecule has 6 heteroatoms. The number of nitrogens with zero attached hydrogens (tertiary/aromatic N) is 3. The van der Waals surface area contributed by atoms with Gasteiger partial charge in [-0.15, -0.1) is 11.3 Å². The molecule has 0 saturated carbocycles. The predicted octanol–water partition coefficient (Wildman–Crippen LogP) is 4.63. The van der Waals surface area contributed by atoms with Crippen molar-refractivity contribution < 1.29 is 9.13 Å². The van der Waals surface area contributed by atoms with Crippen molar-refractivity contribution in [2.24, 2.45) is 10.1 Å². The molecule has 1 saturated heterocycles. The Labute approximate surface area is 167 Å². The quantitative estimate of drug-likeness (QED) is 0.581. The van der Waals surface area contributed by atoms with Gasteiger partial charge < -0.3 is 4.74 Å². The largest absolute Gasteiger partial charge is 0.376 e. The fourth-order valence-electron chi connectivity index (χ4n) is 3.19. The molecule has 1 fully saturated rings. The van der Waals surface area contributed by atoms with Crippen LogP contribution in [0.2, 0.25) is 0 Å². The Morgan fingerprint density at radius 3 is 2.82 bits per heavy atom.